The first-order valence-electron chi connectivity index (χ1n) is 7.63. The summed E-state index contributed by atoms with van der Waals surface area (Å²) in [5, 5.41) is 0. The minimum Gasteiger partial charge on any atom is -0.335 e. The molecule has 0 spiro atoms. The van der Waals surface area contributed by atoms with E-state index in [4.69, 9.17) is 0 Å². The van der Waals surface area contributed by atoms with Crippen LogP contribution in [0, 0.1) is 6.92 Å². The monoisotopic (exact) mass is 286 g/mol. The van der Waals surface area contributed by atoms with Gasteiger partial charge in [0.1, 0.15) is 5.82 Å². The molecule has 4 nitrogen and oxygen atoms in total. The van der Waals surface area contributed by atoms with Gasteiger partial charge in [-0.2, -0.15) is 0 Å². The predicted octanol–water partition coefficient (Wildman–Crippen LogP) is 4.29. The van der Waals surface area contributed by atoms with Crippen molar-refractivity contribution >= 4 is 11.0 Å². The van der Waals surface area contributed by atoms with Crippen molar-refractivity contribution in [2.24, 2.45) is 0 Å². The number of hydrogen-bond donors (Lipinski definition) is 0. The summed E-state index contributed by atoms with van der Waals surface area (Å²) in [5.74, 6) is 1.09. The Morgan fingerprint density at radius 1 is 0.952 bits per heavy atom. The lowest BCUT2D eigenvalue weighted by molar-refractivity contribution is 0.730. The second-order valence-corrected chi connectivity index (χ2v) is 4.28. The van der Waals surface area contributed by atoms with Gasteiger partial charge in [0.25, 0.3) is 0 Å². The molecule has 0 saturated heterocycles. The minimum absolute atomic E-state index is 0.987. The van der Waals surface area contributed by atoms with E-state index in [1.165, 1.54) is 5.52 Å². The standard InChI is InChI=1S/C9H10N2.C6H10N2.C2H6/c1-2-11-7-10-8-5-3-4-6-9(8)11;1-3-8-5-4-7-6(8)2;1-2/h3-7H,2H2,1H3;4-5H,3H2,1-2H3;1-2H3. The summed E-state index contributed by atoms with van der Waals surface area (Å²) in [4.78, 5) is 8.30. The fourth-order valence-corrected chi connectivity index (χ4v) is 2.00. The van der Waals surface area contributed by atoms with E-state index in [9.17, 15) is 0 Å². The average Bonchev–Trinajstić information content (AvgIpc) is 3.15. The molecule has 0 atom stereocenters. The van der Waals surface area contributed by atoms with Gasteiger partial charge in [-0.05, 0) is 32.9 Å². The molecule has 0 radical (unpaired) electrons. The highest BCUT2D eigenvalue weighted by molar-refractivity contribution is 5.74. The SMILES string of the molecule is CC.CCn1ccnc1C.CCn1cnc2ccccc21. The number of benzene rings is 1. The third-order valence-corrected chi connectivity index (χ3v) is 3.13. The highest BCUT2D eigenvalue weighted by Crippen LogP contribution is 2.10. The van der Waals surface area contributed by atoms with E-state index in [1.807, 2.05) is 57.7 Å². The number of para-hydroxylation sites is 2. The molecular formula is C17H26N4. The second-order valence-electron chi connectivity index (χ2n) is 4.28. The van der Waals surface area contributed by atoms with Gasteiger partial charge in [0.05, 0.1) is 17.4 Å². The number of imidazole rings is 2. The molecule has 0 aliphatic carbocycles. The van der Waals surface area contributed by atoms with E-state index in [-0.39, 0.29) is 0 Å². The molecule has 0 saturated carbocycles. The highest BCUT2D eigenvalue weighted by Gasteiger charge is 1.96. The van der Waals surface area contributed by atoms with Crippen molar-refractivity contribution in [3.05, 3.63) is 48.8 Å². The lowest BCUT2D eigenvalue weighted by Gasteiger charge is -1.95. The van der Waals surface area contributed by atoms with E-state index in [1.54, 1.807) is 0 Å². The highest BCUT2D eigenvalue weighted by atomic mass is 15.0. The Morgan fingerprint density at radius 3 is 2.14 bits per heavy atom. The van der Waals surface area contributed by atoms with Crippen LogP contribution in [-0.4, -0.2) is 19.1 Å². The van der Waals surface area contributed by atoms with Gasteiger partial charge in [0, 0.05) is 25.5 Å². The fourth-order valence-electron chi connectivity index (χ4n) is 2.00. The van der Waals surface area contributed by atoms with Crippen molar-refractivity contribution in [3.8, 4) is 0 Å². The normalized spacial score (nSPS) is 9.57. The van der Waals surface area contributed by atoms with Crippen LogP contribution in [0.15, 0.2) is 43.0 Å². The maximum absolute atomic E-state index is 4.25. The molecule has 21 heavy (non-hydrogen) atoms. The number of nitrogens with zero attached hydrogens (tertiary/aromatic N) is 4. The van der Waals surface area contributed by atoms with Gasteiger partial charge in [-0.15, -0.1) is 0 Å². The quantitative estimate of drug-likeness (QED) is 0.704. The van der Waals surface area contributed by atoms with Crippen LogP contribution in [0.25, 0.3) is 11.0 Å². The molecular weight excluding hydrogens is 260 g/mol. The van der Waals surface area contributed by atoms with Gasteiger partial charge in [-0.1, -0.05) is 26.0 Å². The summed E-state index contributed by atoms with van der Waals surface area (Å²) >= 11 is 0. The van der Waals surface area contributed by atoms with E-state index < -0.39 is 0 Å². The van der Waals surface area contributed by atoms with Crippen LogP contribution in [0.5, 0.6) is 0 Å². The Hall–Kier alpha value is -2.10. The molecule has 0 unspecified atom stereocenters. The Kier molecular flexibility index (Phi) is 7.23. The van der Waals surface area contributed by atoms with Crippen LogP contribution in [-0.2, 0) is 13.1 Å². The molecule has 0 amide bonds. The zero-order valence-corrected chi connectivity index (χ0v) is 13.7. The molecule has 0 bridgehead atoms. The van der Waals surface area contributed by atoms with Crippen molar-refractivity contribution in [3.63, 3.8) is 0 Å². The van der Waals surface area contributed by atoms with E-state index in [2.05, 4.69) is 39.0 Å². The van der Waals surface area contributed by atoms with Crippen molar-refractivity contribution in [1.82, 2.24) is 19.1 Å². The number of hydrogen-bond acceptors (Lipinski definition) is 2. The maximum Gasteiger partial charge on any atom is 0.105 e. The number of aromatic nitrogens is 4. The Balaban J connectivity index is 0.000000196. The summed E-state index contributed by atoms with van der Waals surface area (Å²) < 4.78 is 4.23. The maximum atomic E-state index is 4.25. The summed E-state index contributed by atoms with van der Waals surface area (Å²) in [5.41, 5.74) is 2.30. The van der Waals surface area contributed by atoms with E-state index in [0.717, 1.165) is 24.4 Å². The van der Waals surface area contributed by atoms with Gasteiger partial charge in [-0.25, -0.2) is 9.97 Å². The summed E-state index contributed by atoms with van der Waals surface area (Å²) in [6.07, 6.45) is 5.68. The third kappa shape index (κ3) is 4.45. The minimum atomic E-state index is 0.987. The van der Waals surface area contributed by atoms with E-state index >= 15 is 0 Å². The molecule has 3 aromatic rings. The predicted molar refractivity (Wildman–Crippen MR) is 89.4 cm³/mol. The fraction of sp³-hybridized carbons (Fsp3) is 0.412. The first kappa shape index (κ1) is 17.0. The summed E-state index contributed by atoms with van der Waals surface area (Å²) in [6.45, 7) is 12.2. The largest absolute Gasteiger partial charge is 0.335 e. The van der Waals surface area contributed by atoms with Gasteiger partial charge in [0.2, 0.25) is 0 Å². The Morgan fingerprint density at radius 2 is 1.62 bits per heavy atom. The molecule has 0 N–H and O–H groups in total. The molecule has 2 heterocycles. The van der Waals surface area contributed by atoms with Gasteiger partial charge < -0.3 is 9.13 Å². The van der Waals surface area contributed by atoms with Gasteiger partial charge in [0.15, 0.2) is 0 Å². The van der Waals surface area contributed by atoms with Crippen LogP contribution in [0.1, 0.15) is 33.5 Å². The molecule has 1 aromatic carbocycles. The number of rotatable bonds is 2. The van der Waals surface area contributed by atoms with Gasteiger partial charge in [-0.3, -0.25) is 0 Å². The number of aryl methyl sites for hydroxylation is 3. The van der Waals surface area contributed by atoms with Crippen LogP contribution >= 0.6 is 0 Å². The Labute approximate surface area is 127 Å². The van der Waals surface area contributed by atoms with Crippen LogP contribution in [0.3, 0.4) is 0 Å². The number of fused-ring (bicyclic) bond motifs is 1. The van der Waals surface area contributed by atoms with E-state index in [0.29, 0.717) is 0 Å². The van der Waals surface area contributed by atoms with Crippen molar-refractivity contribution in [2.45, 2.75) is 47.7 Å². The average molecular weight is 286 g/mol. The summed E-state index contributed by atoms with van der Waals surface area (Å²) in [6, 6.07) is 8.17. The molecule has 0 fully saturated rings. The lowest BCUT2D eigenvalue weighted by atomic mass is 10.3. The second kappa shape index (κ2) is 8.95. The lowest BCUT2D eigenvalue weighted by Crippen LogP contribution is -1.93. The van der Waals surface area contributed by atoms with Gasteiger partial charge >= 0.3 is 0 Å². The molecule has 114 valence electrons. The first-order chi connectivity index (χ1) is 10.3. The summed E-state index contributed by atoms with van der Waals surface area (Å²) in [7, 11) is 0. The van der Waals surface area contributed by atoms with Crippen molar-refractivity contribution in [1.29, 1.82) is 0 Å². The zero-order valence-electron chi connectivity index (χ0n) is 13.7. The van der Waals surface area contributed by atoms with Crippen molar-refractivity contribution < 1.29 is 0 Å². The van der Waals surface area contributed by atoms with Crippen molar-refractivity contribution in [2.75, 3.05) is 0 Å². The first-order valence-corrected chi connectivity index (χ1v) is 7.63. The van der Waals surface area contributed by atoms with Crippen LogP contribution < -0.4 is 0 Å². The molecule has 0 aliphatic rings. The molecule has 3 rings (SSSR count). The molecule has 4 heteroatoms. The zero-order chi connectivity index (χ0) is 15.7. The Bertz CT molecular complexity index is 637. The smallest absolute Gasteiger partial charge is 0.105 e. The molecule has 2 aromatic heterocycles. The topological polar surface area (TPSA) is 35.6 Å². The third-order valence-electron chi connectivity index (χ3n) is 3.13. The molecule has 0 aliphatic heterocycles. The van der Waals surface area contributed by atoms with Crippen LogP contribution in [0.2, 0.25) is 0 Å². The van der Waals surface area contributed by atoms with Crippen LogP contribution in [0.4, 0.5) is 0 Å².